The molecule has 3 nitrogen and oxygen atoms in total. The molecular formula is C11H8BrF2NO2. The zero-order valence-electron chi connectivity index (χ0n) is 8.78. The summed E-state index contributed by atoms with van der Waals surface area (Å²) in [4.78, 5) is 10.5. The van der Waals surface area contributed by atoms with Crippen molar-refractivity contribution in [3.8, 4) is 11.8 Å². The molecule has 90 valence electrons. The monoisotopic (exact) mass is 303 g/mol. The predicted molar refractivity (Wildman–Crippen MR) is 60.1 cm³/mol. The van der Waals surface area contributed by atoms with Crippen molar-refractivity contribution in [3.05, 3.63) is 29.3 Å². The summed E-state index contributed by atoms with van der Waals surface area (Å²) in [6.45, 7) is -1.64. The van der Waals surface area contributed by atoms with Crippen molar-refractivity contribution in [2.45, 2.75) is 18.4 Å². The van der Waals surface area contributed by atoms with Gasteiger partial charge in [-0.25, -0.2) is 0 Å². The number of ether oxygens (including phenoxy) is 1. The molecule has 0 saturated carbocycles. The fourth-order valence-electron chi connectivity index (χ4n) is 1.22. The van der Waals surface area contributed by atoms with Crippen LogP contribution in [0.5, 0.6) is 5.75 Å². The summed E-state index contributed by atoms with van der Waals surface area (Å²) in [6, 6.07) is 5.84. The molecule has 1 aromatic carbocycles. The Balaban J connectivity index is 3.13. The number of nitrogens with zero attached hydrogens (tertiary/aromatic N) is 1. The molecule has 0 aliphatic carbocycles. The van der Waals surface area contributed by atoms with E-state index in [9.17, 15) is 13.6 Å². The zero-order chi connectivity index (χ0) is 13.0. The third-order valence-corrected chi connectivity index (χ3v) is 3.17. The maximum Gasteiger partial charge on any atom is 0.387 e. The highest BCUT2D eigenvalue weighted by Crippen LogP contribution is 2.29. The van der Waals surface area contributed by atoms with Crippen molar-refractivity contribution in [1.82, 2.24) is 0 Å². The second-order valence-corrected chi connectivity index (χ2v) is 4.13. The van der Waals surface area contributed by atoms with Crippen LogP contribution in [0.2, 0.25) is 0 Å². The molecule has 1 rings (SSSR count). The van der Waals surface area contributed by atoms with Crippen LogP contribution < -0.4 is 4.74 Å². The number of Topliss-reactive ketones (excluding diaryl/α,β-unsaturated/α-hetero) is 1. The Labute approximate surface area is 105 Å². The Hall–Kier alpha value is -1.48. The van der Waals surface area contributed by atoms with Gasteiger partial charge in [0.05, 0.1) is 10.4 Å². The van der Waals surface area contributed by atoms with E-state index < -0.39 is 11.4 Å². The molecule has 0 heterocycles. The van der Waals surface area contributed by atoms with Crippen molar-refractivity contribution < 1.29 is 18.3 Å². The van der Waals surface area contributed by atoms with Crippen LogP contribution in [0.15, 0.2) is 18.2 Å². The molecule has 0 amide bonds. The average Bonchev–Trinajstić information content (AvgIpc) is 2.27. The number of rotatable bonds is 4. The van der Waals surface area contributed by atoms with Gasteiger partial charge in [-0.05, 0) is 24.6 Å². The number of benzene rings is 1. The van der Waals surface area contributed by atoms with E-state index in [1.54, 1.807) is 6.07 Å². The smallest absolute Gasteiger partial charge is 0.387 e. The fourth-order valence-corrected chi connectivity index (χ4v) is 1.50. The summed E-state index contributed by atoms with van der Waals surface area (Å²) in [5, 5.41) is 8.72. The van der Waals surface area contributed by atoms with E-state index in [4.69, 9.17) is 5.26 Å². The van der Waals surface area contributed by atoms with E-state index in [0.29, 0.717) is 5.56 Å². The van der Waals surface area contributed by atoms with Gasteiger partial charge in [0.15, 0.2) is 0 Å². The molecule has 0 radical (unpaired) electrons. The lowest BCUT2D eigenvalue weighted by Crippen LogP contribution is -2.06. The van der Waals surface area contributed by atoms with E-state index >= 15 is 0 Å². The first-order valence-corrected chi connectivity index (χ1v) is 5.50. The second-order valence-electron chi connectivity index (χ2n) is 3.22. The van der Waals surface area contributed by atoms with Gasteiger partial charge in [0.1, 0.15) is 17.6 Å². The van der Waals surface area contributed by atoms with E-state index in [2.05, 4.69) is 20.7 Å². The third-order valence-electron chi connectivity index (χ3n) is 1.99. The highest BCUT2D eigenvalue weighted by atomic mass is 79.9. The Morgan fingerprint density at radius 2 is 2.18 bits per heavy atom. The number of carbonyl (C=O) groups is 1. The lowest BCUT2D eigenvalue weighted by Gasteiger charge is -2.11. The van der Waals surface area contributed by atoms with Crippen molar-refractivity contribution in [3.63, 3.8) is 0 Å². The fraction of sp³-hybridized carbons (Fsp3) is 0.273. The number of halogens is 3. The molecule has 1 unspecified atom stereocenters. The van der Waals surface area contributed by atoms with Gasteiger partial charge in [-0.15, -0.1) is 0 Å². The van der Waals surface area contributed by atoms with Gasteiger partial charge in [-0.3, -0.25) is 4.79 Å². The number of ketones is 1. The predicted octanol–water partition coefficient (Wildman–Crippen LogP) is 3.18. The van der Waals surface area contributed by atoms with E-state index in [0.717, 1.165) is 0 Å². The molecular weight excluding hydrogens is 296 g/mol. The largest absolute Gasteiger partial charge is 0.433 e. The van der Waals surface area contributed by atoms with Gasteiger partial charge in [0.25, 0.3) is 0 Å². The summed E-state index contributed by atoms with van der Waals surface area (Å²) in [6.07, 6.45) is 0. The quantitative estimate of drug-likeness (QED) is 0.803. The first-order valence-electron chi connectivity index (χ1n) is 4.59. The van der Waals surface area contributed by atoms with Crippen LogP contribution in [0.25, 0.3) is 0 Å². The molecule has 1 atom stereocenters. The number of carbonyl (C=O) groups excluding carboxylic acids is 1. The van der Waals surface area contributed by atoms with Gasteiger partial charge in [-0.1, -0.05) is 22.0 Å². The van der Waals surface area contributed by atoms with Crippen LogP contribution in [-0.2, 0) is 4.79 Å². The van der Waals surface area contributed by atoms with Crippen molar-refractivity contribution in [1.29, 1.82) is 5.26 Å². The third kappa shape index (κ3) is 3.49. The normalized spacial score (nSPS) is 12.0. The highest BCUT2D eigenvalue weighted by molar-refractivity contribution is 9.09. The topological polar surface area (TPSA) is 50.1 Å². The summed E-state index contributed by atoms with van der Waals surface area (Å²) >= 11 is 3.12. The number of hydrogen-bond acceptors (Lipinski definition) is 3. The first-order chi connectivity index (χ1) is 7.95. The molecule has 0 aliphatic rings. The minimum atomic E-state index is -3.01. The Kier molecular flexibility index (Phi) is 4.58. The number of alkyl halides is 3. The summed E-state index contributed by atoms with van der Waals surface area (Å²) in [7, 11) is 0. The zero-order valence-corrected chi connectivity index (χ0v) is 10.4. The summed E-state index contributed by atoms with van der Waals surface area (Å²) < 4.78 is 28.5. The standard InChI is InChI=1S/C11H8BrF2NO2/c1-6(16)10(12)7-2-3-8(5-15)9(4-7)17-11(13)14/h2-4,10-11H,1H3. The minimum Gasteiger partial charge on any atom is -0.433 e. The van der Waals surface area contributed by atoms with Crippen molar-refractivity contribution >= 4 is 21.7 Å². The lowest BCUT2D eigenvalue weighted by atomic mass is 10.1. The van der Waals surface area contributed by atoms with Gasteiger partial charge >= 0.3 is 6.61 Å². The first kappa shape index (κ1) is 13.6. The number of hydrogen-bond donors (Lipinski definition) is 0. The molecule has 0 spiro atoms. The molecule has 17 heavy (non-hydrogen) atoms. The average molecular weight is 304 g/mol. The summed E-state index contributed by atoms with van der Waals surface area (Å²) in [5.74, 6) is -0.400. The van der Waals surface area contributed by atoms with Gasteiger partial charge < -0.3 is 4.74 Å². The van der Waals surface area contributed by atoms with E-state index in [-0.39, 0.29) is 17.1 Å². The number of nitriles is 1. The van der Waals surface area contributed by atoms with Gasteiger partial charge in [0, 0.05) is 0 Å². The molecule has 0 N–H and O–H groups in total. The second kappa shape index (κ2) is 5.73. The van der Waals surface area contributed by atoms with Gasteiger partial charge in [-0.2, -0.15) is 14.0 Å². The highest BCUT2D eigenvalue weighted by Gasteiger charge is 2.16. The SMILES string of the molecule is CC(=O)C(Br)c1ccc(C#N)c(OC(F)F)c1. The molecule has 0 aromatic heterocycles. The maximum atomic E-state index is 12.1. The van der Waals surface area contributed by atoms with Crippen LogP contribution in [0.4, 0.5) is 8.78 Å². The summed E-state index contributed by atoms with van der Waals surface area (Å²) in [5.41, 5.74) is 0.462. The van der Waals surface area contributed by atoms with Crippen LogP contribution in [0, 0.1) is 11.3 Å². The molecule has 1 aromatic rings. The molecule has 0 aliphatic heterocycles. The molecule has 0 fully saturated rings. The van der Waals surface area contributed by atoms with Crippen molar-refractivity contribution in [2.75, 3.05) is 0 Å². The van der Waals surface area contributed by atoms with Gasteiger partial charge in [0.2, 0.25) is 0 Å². The van der Waals surface area contributed by atoms with Crippen LogP contribution in [0.3, 0.4) is 0 Å². The molecule has 0 bridgehead atoms. The van der Waals surface area contributed by atoms with Crippen molar-refractivity contribution in [2.24, 2.45) is 0 Å². The van der Waals surface area contributed by atoms with E-state index in [1.807, 2.05) is 0 Å². The van der Waals surface area contributed by atoms with Crippen LogP contribution in [-0.4, -0.2) is 12.4 Å². The molecule has 0 saturated heterocycles. The van der Waals surface area contributed by atoms with Crippen LogP contribution in [0.1, 0.15) is 22.9 Å². The Morgan fingerprint density at radius 3 is 2.65 bits per heavy atom. The Morgan fingerprint density at radius 1 is 1.53 bits per heavy atom. The molecule has 6 heteroatoms. The van der Waals surface area contributed by atoms with E-state index in [1.165, 1.54) is 25.1 Å². The van der Waals surface area contributed by atoms with Crippen LogP contribution >= 0.6 is 15.9 Å². The minimum absolute atomic E-state index is 0.00250. The lowest BCUT2D eigenvalue weighted by molar-refractivity contribution is -0.116. The maximum absolute atomic E-state index is 12.1. The Bertz CT molecular complexity index is 471.